The van der Waals surface area contributed by atoms with Crippen molar-refractivity contribution in [1.82, 2.24) is 9.13 Å². The first-order valence-corrected chi connectivity index (χ1v) is 17.9. The summed E-state index contributed by atoms with van der Waals surface area (Å²) in [6.07, 6.45) is 0. The van der Waals surface area contributed by atoms with E-state index >= 15 is 0 Å². The molecule has 0 amide bonds. The second-order valence-electron chi connectivity index (χ2n) is 13.5. The van der Waals surface area contributed by atoms with E-state index in [2.05, 4.69) is 172 Å². The summed E-state index contributed by atoms with van der Waals surface area (Å²) < 4.78 is 4.80. The molecule has 2 heterocycles. The number of fused-ring (bicyclic) bond motifs is 6. The normalized spacial score (nSPS) is 11.3. The molecule has 4 nitrogen and oxygen atoms in total. The second kappa shape index (κ2) is 12.5. The molecule has 10 aromatic rings. The smallest absolute Gasteiger partial charge is 0.196 e. The van der Waals surface area contributed by atoms with E-state index in [-0.39, 0.29) is 0 Å². The highest BCUT2D eigenvalue weighted by atomic mass is 15.0. The topological polar surface area (TPSA) is 38.0 Å². The third-order valence-corrected chi connectivity index (χ3v) is 10.6. The van der Waals surface area contributed by atoms with Gasteiger partial charge in [0.15, 0.2) is 5.69 Å². The van der Waals surface area contributed by atoms with E-state index in [1.807, 2.05) is 18.2 Å². The van der Waals surface area contributed by atoms with Gasteiger partial charge in [0, 0.05) is 43.9 Å². The minimum absolute atomic E-state index is 0.453. The van der Waals surface area contributed by atoms with Crippen molar-refractivity contribution < 1.29 is 0 Å². The number of hydrogen-bond donors (Lipinski definition) is 0. The van der Waals surface area contributed by atoms with Crippen LogP contribution in [0.5, 0.6) is 0 Å². The maximum atomic E-state index is 9.63. The first-order chi connectivity index (χ1) is 26.7. The van der Waals surface area contributed by atoms with Crippen molar-refractivity contribution in [2.45, 2.75) is 0 Å². The predicted octanol–water partition coefficient (Wildman–Crippen LogP) is 13.3. The Morgan fingerprint density at radius 1 is 0.426 bits per heavy atom. The number of nitrogens with zero attached hydrogens (tertiary/aromatic N) is 4. The zero-order valence-corrected chi connectivity index (χ0v) is 29.1. The van der Waals surface area contributed by atoms with Crippen LogP contribution < -0.4 is 0 Å². The van der Waals surface area contributed by atoms with Gasteiger partial charge in [0.25, 0.3) is 0 Å². The van der Waals surface area contributed by atoms with Crippen molar-refractivity contribution in [3.05, 3.63) is 199 Å². The number of rotatable bonds is 5. The third-order valence-electron chi connectivity index (χ3n) is 10.6. The summed E-state index contributed by atoms with van der Waals surface area (Å²) in [5.41, 5.74) is 13.6. The van der Waals surface area contributed by atoms with Crippen LogP contribution in [0, 0.1) is 17.9 Å². The van der Waals surface area contributed by atoms with Gasteiger partial charge in [0.05, 0.1) is 40.4 Å². The van der Waals surface area contributed by atoms with E-state index in [0.717, 1.165) is 61.2 Å². The molecule has 0 aliphatic heterocycles. The average molecular weight is 687 g/mol. The van der Waals surface area contributed by atoms with Crippen LogP contribution in [0.15, 0.2) is 182 Å². The number of benzene rings is 8. The molecule has 0 atom stereocenters. The maximum Gasteiger partial charge on any atom is 0.196 e. The van der Waals surface area contributed by atoms with Gasteiger partial charge in [-0.3, -0.25) is 0 Å². The van der Waals surface area contributed by atoms with Crippen molar-refractivity contribution in [2.24, 2.45) is 0 Å². The average Bonchev–Trinajstić information content (AvgIpc) is 3.76. The monoisotopic (exact) mass is 686 g/mol. The van der Waals surface area contributed by atoms with E-state index in [0.29, 0.717) is 11.3 Å². The molecule has 0 unspecified atom stereocenters. The number of para-hydroxylation sites is 3. The fourth-order valence-electron chi connectivity index (χ4n) is 8.19. The van der Waals surface area contributed by atoms with Gasteiger partial charge in [-0.25, -0.2) is 4.85 Å². The Balaban J connectivity index is 1.31. The van der Waals surface area contributed by atoms with Crippen LogP contribution in [0.4, 0.5) is 5.69 Å². The molecule has 8 aromatic carbocycles. The van der Waals surface area contributed by atoms with Crippen molar-refractivity contribution in [1.29, 1.82) is 5.26 Å². The number of nitriles is 1. The molecule has 54 heavy (non-hydrogen) atoms. The van der Waals surface area contributed by atoms with Gasteiger partial charge in [-0.2, -0.15) is 5.26 Å². The highest BCUT2D eigenvalue weighted by molar-refractivity contribution is 6.13. The fraction of sp³-hybridized carbons (Fsp3) is 0. The van der Waals surface area contributed by atoms with Crippen LogP contribution >= 0.6 is 0 Å². The highest BCUT2D eigenvalue weighted by Crippen LogP contribution is 2.45. The summed E-state index contributed by atoms with van der Waals surface area (Å²) in [6, 6.07) is 65.8. The molecule has 4 heteroatoms. The van der Waals surface area contributed by atoms with E-state index in [1.165, 1.54) is 27.2 Å². The van der Waals surface area contributed by atoms with Crippen LogP contribution in [-0.2, 0) is 0 Å². The lowest BCUT2D eigenvalue weighted by Gasteiger charge is -2.21. The minimum Gasteiger partial charge on any atom is -0.309 e. The van der Waals surface area contributed by atoms with Crippen LogP contribution in [-0.4, -0.2) is 9.13 Å². The van der Waals surface area contributed by atoms with Gasteiger partial charge in [-0.1, -0.05) is 121 Å². The first kappa shape index (κ1) is 31.1. The summed E-state index contributed by atoms with van der Waals surface area (Å²) in [5.74, 6) is 0. The molecule has 0 radical (unpaired) electrons. The summed E-state index contributed by atoms with van der Waals surface area (Å²) in [5, 5.41) is 14.4. The SMILES string of the molecule is [C-]#[N+]c1cc(C#N)ccc1-c1cc(-c2ccccc2)c(-n2c3ccccc3c3cc(-n4c5ccccc5c5ccccc54)ccc32)c(-c2ccccc2)c1. The molecule has 0 aliphatic rings. The molecule has 10 rings (SSSR count). The maximum absolute atomic E-state index is 9.63. The van der Waals surface area contributed by atoms with Crippen molar-refractivity contribution >= 4 is 49.3 Å². The van der Waals surface area contributed by atoms with E-state index in [9.17, 15) is 5.26 Å². The zero-order chi connectivity index (χ0) is 36.2. The molecule has 0 bridgehead atoms. The molecule has 0 spiro atoms. The lowest BCUT2D eigenvalue weighted by atomic mass is 9.90. The summed E-state index contributed by atoms with van der Waals surface area (Å²) in [6.45, 7) is 8.05. The van der Waals surface area contributed by atoms with Gasteiger partial charge >= 0.3 is 0 Å². The Kier molecular flexibility index (Phi) is 7.22. The molecule has 0 N–H and O–H groups in total. The van der Waals surface area contributed by atoms with Crippen LogP contribution in [0.2, 0.25) is 0 Å². The van der Waals surface area contributed by atoms with E-state index in [4.69, 9.17) is 6.57 Å². The number of hydrogen-bond acceptors (Lipinski definition) is 1. The Labute approximate surface area is 312 Å². The summed E-state index contributed by atoms with van der Waals surface area (Å²) >= 11 is 0. The molecular formula is C50H30N4. The van der Waals surface area contributed by atoms with Crippen LogP contribution in [0.3, 0.4) is 0 Å². The predicted molar refractivity (Wildman–Crippen MR) is 222 cm³/mol. The lowest BCUT2D eigenvalue weighted by Crippen LogP contribution is -2.02. The molecule has 0 fully saturated rings. The molecule has 0 saturated carbocycles. The minimum atomic E-state index is 0.453. The lowest BCUT2D eigenvalue weighted by molar-refractivity contribution is 1.17. The third kappa shape index (κ3) is 4.83. The Bertz CT molecular complexity index is 3060. The molecule has 250 valence electrons. The Hall–Kier alpha value is -7.66. The standard InChI is InChI=1S/C50H30N4/c1-52-45-28-33(32-51)24-26-38(45)36-29-42(34-14-4-2-5-15-34)50(43(30-36)35-16-6-3-7-17-35)54-48-23-13-10-20-41(48)44-31-37(25-27-49(44)54)53-46-21-11-8-18-39(46)40-19-9-12-22-47(40)53/h2-31H. The van der Waals surface area contributed by atoms with Crippen molar-refractivity contribution in [3.63, 3.8) is 0 Å². The Morgan fingerprint density at radius 3 is 1.48 bits per heavy atom. The van der Waals surface area contributed by atoms with Crippen LogP contribution in [0.1, 0.15) is 5.56 Å². The Morgan fingerprint density at radius 2 is 0.926 bits per heavy atom. The van der Waals surface area contributed by atoms with Crippen molar-refractivity contribution in [3.8, 4) is 50.8 Å². The van der Waals surface area contributed by atoms with E-state index in [1.54, 1.807) is 12.1 Å². The van der Waals surface area contributed by atoms with Crippen LogP contribution in [0.25, 0.3) is 93.2 Å². The van der Waals surface area contributed by atoms with Gasteiger partial charge in [-0.05, 0) is 82.9 Å². The van der Waals surface area contributed by atoms with Gasteiger partial charge in [0.1, 0.15) is 0 Å². The van der Waals surface area contributed by atoms with Crippen molar-refractivity contribution in [2.75, 3.05) is 0 Å². The molecule has 0 saturated heterocycles. The van der Waals surface area contributed by atoms with Gasteiger partial charge < -0.3 is 9.13 Å². The molecule has 0 aliphatic carbocycles. The van der Waals surface area contributed by atoms with Gasteiger partial charge in [-0.15, -0.1) is 0 Å². The summed E-state index contributed by atoms with van der Waals surface area (Å²) in [4.78, 5) is 3.87. The largest absolute Gasteiger partial charge is 0.309 e. The highest BCUT2D eigenvalue weighted by Gasteiger charge is 2.23. The van der Waals surface area contributed by atoms with E-state index < -0.39 is 0 Å². The first-order valence-electron chi connectivity index (χ1n) is 17.9. The number of aromatic nitrogens is 2. The van der Waals surface area contributed by atoms with Gasteiger partial charge in [0.2, 0.25) is 0 Å². The molecular weight excluding hydrogens is 657 g/mol. The fourth-order valence-corrected chi connectivity index (χ4v) is 8.19. The second-order valence-corrected chi connectivity index (χ2v) is 13.5. The summed E-state index contributed by atoms with van der Waals surface area (Å²) in [7, 11) is 0. The zero-order valence-electron chi connectivity index (χ0n) is 29.1. The quantitative estimate of drug-likeness (QED) is 0.166. The molecule has 2 aromatic heterocycles.